The van der Waals surface area contributed by atoms with Gasteiger partial charge in [-0.1, -0.05) is 166 Å². The Morgan fingerprint density at radius 2 is 0.621 bits per heavy atom. The lowest BCUT2D eigenvalue weighted by molar-refractivity contribution is 0.0953. The number of carbonyl (C=O) groups excluding carboxylic acids is 4. The molecule has 0 aliphatic carbocycles. The molecule has 0 radical (unpaired) electrons. The topological polar surface area (TPSA) is 129 Å². The molecule has 4 N–H and O–H groups in total. The van der Waals surface area contributed by atoms with Crippen LogP contribution in [0.5, 0.6) is 0 Å². The van der Waals surface area contributed by atoms with E-state index in [1.54, 1.807) is 28.2 Å². The number of benzene rings is 8. The molecule has 0 saturated carbocycles. The summed E-state index contributed by atoms with van der Waals surface area (Å²) in [4.78, 5) is 58.2. The van der Waals surface area contributed by atoms with Crippen LogP contribution in [-0.2, 0) is 24.7 Å². The predicted octanol–water partition coefficient (Wildman–Crippen LogP) is 13.8. The van der Waals surface area contributed by atoms with Gasteiger partial charge in [-0.2, -0.15) is 0 Å². The van der Waals surface area contributed by atoms with Gasteiger partial charge >= 0.3 is 0 Å². The van der Waals surface area contributed by atoms with Crippen LogP contribution < -0.4 is 40.9 Å². The zero-order chi connectivity index (χ0) is 64.8. The van der Waals surface area contributed by atoms with Gasteiger partial charge in [0, 0.05) is 130 Å². The van der Waals surface area contributed by atoms with Gasteiger partial charge in [0.25, 0.3) is 23.6 Å². The number of rotatable bonds is 13. The van der Waals surface area contributed by atoms with Crippen molar-refractivity contribution in [2.75, 3.05) is 104 Å². The van der Waals surface area contributed by atoms with E-state index < -0.39 is 0 Å². The minimum atomic E-state index is -0.196. The van der Waals surface area contributed by atoms with Crippen LogP contribution in [0, 0.1) is 20.8 Å². The normalized spacial score (nSPS) is 10.1. The Balaban J connectivity index is 0.000000311. The maximum Gasteiger partial charge on any atom is 0.251 e. The van der Waals surface area contributed by atoms with Crippen molar-refractivity contribution in [2.24, 2.45) is 0 Å². The van der Waals surface area contributed by atoms with Gasteiger partial charge in [-0.25, -0.2) is 0 Å². The fourth-order valence-corrected chi connectivity index (χ4v) is 9.11. The summed E-state index contributed by atoms with van der Waals surface area (Å²) >= 11 is 0. The number of nitrogens with one attached hydrogen (secondary N) is 4. The Bertz CT molecular complexity index is 3110. The lowest BCUT2D eigenvalue weighted by atomic mass is 9.85. The molecule has 0 heterocycles. The highest BCUT2D eigenvalue weighted by Crippen LogP contribution is 2.28. The van der Waals surface area contributed by atoms with Crippen molar-refractivity contribution >= 4 is 46.4 Å². The third-order valence-corrected chi connectivity index (χ3v) is 14.0. The summed E-state index contributed by atoms with van der Waals surface area (Å²) in [5, 5.41) is 10.9. The molecule has 0 aliphatic heterocycles. The van der Waals surface area contributed by atoms with Crippen molar-refractivity contribution in [2.45, 2.75) is 73.1 Å². The van der Waals surface area contributed by atoms with Crippen molar-refractivity contribution < 1.29 is 19.2 Å². The molecule has 87 heavy (non-hydrogen) atoms. The van der Waals surface area contributed by atoms with E-state index in [-0.39, 0.29) is 29.0 Å². The molecule has 0 atom stereocenters. The van der Waals surface area contributed by atoms with E-state index in [9.17, 15) is 19.2 Å². The first kappa shape index (κ1) is 72.1. The van der Waals surface area contributed by atoms with Crippen molar-refractivity contribution in [3.05, 3.63) is 260 Å². The first-order valence-electron chi connectivity index (χ1n) is 29.5. The molecular formula is C75H98N8O4. The summed E-state index contributed by atoms with van der Waals surface area (Å²) in [7, 11) is 22.8. The summed E-state index contributed by atoms with van der Waals surface area (Å²) in [5.41, 5.74) is 16.5. The summed E-state index contributed by atoms with van der Waals surface area (Å²) in [6.45, 7) is 14.6. The Morgan fingerprint density at radius 1 is 0.345 bits per heavy atom. The molecule has 0 saturated heterocycles. The zero-order valence-electron chi connectivity index (χ0n) is 55.4. The first-order chi connectivity index (χ1) is 41.3. The fraction of sp³-hybridized carbons (Fsp3) is 0.307. The van der Waals surface area contributed by atoms with Crippen LogP contribution in [0.4, 0.5) is 22.7 Å². The van der Waals surface area contributed by atoms with Gasteiger partial charge in [0.15, 0.2) is 0 Å². The minimum absolute atomic E-state index is 0.00249. The highest BCUT2D eigenvalue weighted by Gasteiger charge is 2.22. The van der Waals surface area contributed by atoms with Crippen LogP contribution in [0.3, 0.4) is 0 Å². The van der Waals surface area contributed by atoms with Crippen LogP contribution in [0.1, 0.15) is 119 Å². The molecule has 8 aromatic rings. The Labute approximate surface area is 522 Å². The van der Waals surface area contributed by atoms with Crippen molar-refractivity contribution in [1.29, 1.82) is 0 Å². The van der Waals surface area contributed by atoms with Crippen LogP contribution in [0.25, 0.3) is 0 Å². The SMILES string of the molecule is CCc1cc(C(C)(C)C)ccc1C(=O)NC.CN(C)c1ccccc1.CN(C)c1ccccc1.CN(C)c1ccccc1.CN(C)c1ccccc1.CNC(=O)c1ccc(C)cc1Cc1cc(C)cc(Cc2cc(C)ccc2C(=O)NC)c1C(=O)NC. The number of carbonyl (C=O) groups is 4. The second-order valence-electron chi connectivity index (χ2n) is 22.8. The van der Waals surface area contributed by atoms with Crippen molar-refractivity contribution in [3.63, 3.8) is 0 Å². The van der Waals surface area contributed by atoms with E-state index in [0.29, 0.717) is 29.5 Å². The van der Waals surface area contributed by atoms with Gasteiger partial charge in [0.2, 0.25) is 0 Å². The third kappa shape index (κ3) is 24.0. The average molecular weight is 1180 g/mol. The second kappa shape index (κ2) is 36.6. The molecule has 0 spiro atoms. The van der Waals surface area contributed by atoms with Gasteiger partial charge in [-0.3, -0.25) is 19.2 Å². The van der Waals surface area contributed by atoms with Crippen molar-refractivity contribution in [3.8, 4) is 0 Å². The van der Waals surface area contributed by atoms with Gasteiger partial charge < -0.3 is 40.9 Å². The van der Waals surface area contributed by atoms with E-state index in [2.05, 4.69) is 123 Å². The number of hydrogen-bond acceptors (Lipinski definition) is 8. The number of hydrogen-bond donors (Lipinski definition) is 4. The number of amides is 4. The summed E-state index contributed by atoms with van der Waals surface area (Å²) < 4.78 is 0. The molecule has 0 unspecified atom stereocenters. The third-order valence-electron chi connectivity index (χ3n) is 14.0. The molecule has 12 nitrogen and oxygen atoms in total. The number of aryl methyl sites for hydroxylation is 4. The van der Waals surface area contributed by atoms with E-state index in [1.165, 1.54) is 28.3 Å². The fourth-order valence-electron chi connectivity index (χ4n) is 9.11. The molecule has 8 rings (SSSR count). The molecular weight excluding hydrogens is 1080 g/mol. The highest BCUT2D eigenvalue weighted by molar-refractivity contribution is 5.99. The molecule has 4 amide bonds. The van der Waals surface area contributed by atoms with E-state index in [4.69, 9.17) is 0 Å². The number of para-hydroxylation sites is 4. The maximum absolute atomic E-state index is 13.2. The van der Waals surface area contributed by atoms with Crippen LogP contribution >= 0.6 is 0 Å². The van der Waals surface area contributed by atoms with E-state index in [1.807, 2.05) is 211 Å². The molecule has 0 bridgehead atoms. The smallest absolute Gasteiger partial charge is 0.251 e. The molecule has 12 heteroatoms. The van der Waals surface area contributed by atoms with Gasteiger partial charge in [-0.15, -0.1) is 0 Å². The number of nitrogens with zero attached hydrogens (tertiary/aromatic N) is 4. The van der Waals surface area contributed by atoms with Crippen LogP contribution in [0.15, 0.2) is 188 Å². The van der Waals surface area contributed by atoms with Gasteiger partial charge in [0.05, 0.1) is 0 Å². The quantitative estimate of drug-likeness (QED) is 0.0898. The average Bonchev–Trinajstić information content (AvgIpc) is 2.11. The Kier molecular flexibility index (Phi) is 30.4. The van der Waals surface area contributed by atoms with Gasteiger partial charge in [-0.05, 0) is 146 Å². The van der Waals surface area contributed by atoms with Crippen molar-refractivity contribution in [1.82, 2.24) is 21.3 Å². The largest absolute Gasteiger partial charge is 0.378 e. The Hall–Kier alpha value is -9.16. The Morgan fingerprint density at radius 3 is 0.874 bits per heavy atom. The highest BCUT2D eigenvalue weighted by atomic mass is 16.2. The molecule has 0 aliphatic rings. The second-order valence-corrected chi connectivity index (χ2v) is 22.8. The zero-order valence-corrected chi connectivity index (χ0v) is 55.4. The summed E-state index contributed by atoms with van der Waals surface area (Å²) in [5.74, 6) is -0.524. The minimum Gasteiger partial charge on any atom is -0.378 e. The molecule has 0 fully saturated rings. The molecule has 8 aromatic carbocycles. The lowest BCUT2D eigenvalue weighted by Gasteiger charge is -2.20. The van der Waals surface area contributed by atoms with Crippen LogP contribution in [-0.4, -0.2) is 108 Å². The predicted molar refractivity (Wildman–Crippen MR) is 370 cm³/mol. The molecule has 462 valence electrons. The standard InChI is InChI=1S/C29H33N3O3.C14H21NO.4C8H11N/c1-17-7-9-24(27(33)30-4)20(11-17)15-22-13-19(3)14-23(26(22)29(35)32-6)16-21-12-18(2)8-10-25(21)28(34)31-5;1-6-10-9-11(14(2,3)4)7-8-12(10)13(16)15-5;4*1-9(2)8-6-4-3-5-7-8/h7-14H,15-16H2,1-6H3,(H,30,33)(H,31,34)(H,32,35);7-9H,6H2,1-5H3,(H,15,16);4*3-7H,1-2H3. The maximum atomic E-state index is 13.2. The monoisotopic (exact) mass is 1170 g/mol. The number of anilines is 4. The first-order valence-corrected chi connectivity index (χ1v) is 29.5. The van der Waals surface area contributed by atoms with Gasteiger partial charge in [0.1, 0.15) is 0 Å². The van der Waals surface area contributed by atoms with Crippen LogP contribution in [0.2, 0.25) is 0 Å². The summed E-state index contributed by atoms with van der Waals surface area (Å²) in [6, 6.07) is 62.6. The van der Waals surface area contributed by atoms with E-state index >= 15 is 0 Å². The molecule has 0 aromatic heterocycles. The lowest BCUT2D eigenvalue weighted by Crippen LogP contribution is -2.24. The van der Waals surface area contributed by atoms with E-state index in [0.717, 1.165) is 56.5 Å². The summed E-state index contributed by atoms with van der Waals surface area (Å²) in [6.07, 6.45) is 1.74.